The molecule has 1 aromatic carbocycles. The molecule has 2 atom stereocenters. The van der Waals surface area contributed by atoms with Gasteiger partial charge >= 0.3 is 0 Å². The van der Waals surface area contributed by atoms with E-state index in [4.69, 9.17) is 4.74 Å². The van der Waals surface area contributed by atoms with Crippen molar-refractivity contribution in [1.82, 2.24) is 10.2 Å². The molecule has 2 aliphatic heterocycles. The van der Waals surface area contributed by atoms with E-state index in [0.29, 0.717) is 12.2 Å². The van der Waals surface area contributed by atoms with Gasteiger partial charge in [0, 0.05) is 19.1 Å². The molecule has 31 heavy (non-hydrogen) atoms. The van der Waals surface area contributed by atoms with Crippen molar-refractivity contribution in [3.63, 3.8) is 0 Å². The average molecular weight is 450 g/mol. The van der Waals surface area contributed by atoms with Crippen molar-refractivity contribution >= 4 is 27.3 Å². The number of likely N-dealkylation sites (N-methyl/N-ethyl adjacent to an activating group) is 1. The van der Waals surface area contributed by atoms with E-state index in [1.54, 1.807) is 13.1 Å². The van der Waals surface area contributed by atoms with Crippen molar-refractivity contribution in [2.75, 3.05) is 36.5 Å². The topological polar surface area (TPSA) is 96.0 Å². The fourth-order valence-electron chi connectivity index (χ4n) is 5.06. The number of sulfone groups is 1. The number of carbonyl (C=O) groups excluding carboxylic acids is 2. The molecule has 4 rings (SSSR count). The van der Waals surface area contributed by atoms with Crippen molar-refractivity contribution in [3.8, 4) is 5.75 Å². The van der Waals surface area contributed by atoms with Crippen molar-refractivity contribution in [3.05, 3.63) is 24.3 Å². The van der Waals surface area contributed by atoms with Gasteiger partial charge in [0.1, 0.15) is 5.75 Å². The van der Waals surface area contributed by atoms with Crippen LogP contribution in [-0.2, 0) is 19.4 Å². The van der Waals surface area contributed by atoms with E-state index in [9.17, 15) is 18.0 Å². The van der Waals surface area contributed by atoms with Gasteiger partial charge < -0.3 is 19.9 Å². The third-order valence-electron chi connectivity index (χ3n) is 6.58. The number of nitrogens with zero attached hydrogens (tertiary/aromatic N) is 2. The minimum absolute atomic E-state index is 0.0514. The number of benzene rings is 1. The summed E-state index contributed by atoms with van der Waals surface area (Å²) in [5.74, 6) is 0.463. The highest BCUT2D eigenvalue weighted by molar-refractivity contribution is 7.91. The average Bonchev–Trinajstić information content (AvgIpc) is 3.13. The molecule has 1 saturated carbocycles. The Kier molecular flexibility index (Phi) is 6.41. The van der Waals surface area contributed by atoms with Crippen molar-refractivity contribution in [1.29, 1.82) is 0 Å². The van der Waals surface area contributed by atoms with Crippen LogP contribution >= 0.6 is 0 Å². The minimum Gasteiger partial charge on any atom is -0.477 e. The smallest absolute Gasteiger partial charge is 0.262 e. The second-order valence-corrected chi connectivity index (χ2v) is 10.9. The van der Waals surface area contributed by atoms with E-state index in [-0.39, 0.29) is 48.5 Å². The van der Waals surface area contributed by atoms with Crippen LogP contribution in [0.25, 0.3) is 0 Å². The minimum atomic E-state index is -3.10. The summed E-state index contributed by atoms with van der Waals surface area (Å²) in [6.07, 6.45) is 4.92. The SMILES string of the molecule is CNC(=O)C1CN(CC(=O)N(C2CCCCC2)C2CCS(=O)(=O)C2)c2ccccc2O1. The molecule has 0 bridgehead atoms. The first-order valence-electron chi connectivity index (χ1n) is 11.1. The van der Waals surface area contributed by atoms with Crippen molar-refractivity contribution in [2.24, 2.45) is 0 Å². The van der Waals surface area contributed by atoms with Gasteiger partial charge in [0.15, 0.2) is 15.9 Å². The number of carbonyl (C=O) groups is 2. The van der Waals surface area contributed by atoms with Crippen LogP contribution < -0.4 is 15.0 Å². The zero-order valence-electron chi connectivity index (χ0n) is 18.0. The van der Waals surface area contributed by atoms with Crippen LogP contribution in [0.3, 0.4) is 0 Å². The quantitative estimate of drug-likeness (QED) is 0.729. The number of hydrogen-bond donors (Lipinski definition) is 1. The van der Waals surface area contributed by atoms with Gasteiger partial charge in [0.05, 0.1) is 30.3 Å². The van der Waals surface area contributed by atoms with E-state index in [2.05, 4.69) is 5.32 Å². The Morgan fingerprint density at radius 2 is 1.87 bits per heavy atom. The van der Waals surface area contributed by atoms with Crippen LogP contribution in [0, 0.1) is 0 Å². The number of ether oxygens (including phenoxy) is 1. The Hall–Kier alpha value is -2.29. The lowest BCUT2D eigenvalue weighted by molar-refractivity contribution is -0.135. The molecule has 2 amide bonds. The van der Waals surface area contributed by atoms with Crippen LogP contribution in [0.2, 0.25) is 0 Å². The highest BCUT2D eigenvalue weighted by Gasteiger charge is 2.40. The Balaban J connectivity index is 1.57. The highest BCUT2D eigenvalue weighted by atomic mass is 32.2. The number of hydrogen-bond acceptors (Lipinski definition) is 6. The molecule has 3 aliphatic rings. The lowest BCUT2D eigenvalue weighted by Crippen LogP contribution is -2.55. The van der Waals surface area contributed by atoms with E-state index in [0.717, 1.165) is 37.8 Å². The maximum Gasteiger partial charge on any atom is 0.262 e. The summed E-state index contributed by atoms with van der Waals surface area (Å²) in [6.45, 7) is 0.366. The molecule has 9 heteroatoms. The first-order valence-corrected chi connectivity index (χ1v) is 12.9. The van der Waals surface area contributed by atoms with Crippen molar-refractivity contribution < 1.29 is 22.7 Å². The maximum atomic E-state index is 13.6. The van der Waals surface area contributed by atoms with Gasteiger partial charge in [-0.25, -0.2) is 8.42 Å². The summed E-state index contributed by atoms with van der Waals surface area (Å²) in [7, 11) is -1.54. The number of nitrogens with one attached hydrogen (secondary N) is 1. The van der Waals surface area contributed by atoms with Crippen LogP contribution in [0.5, 0.6) is 5.75 Å². The summed E-state index contributed by atoms with van der Waals surface area (Å²) in [5.41, 5.74) is 0.777. The van der Waals surface area contributed by atoms with Crippen LogP contribution in [0.15, 0.2) is 24.3 Å². The summed E-state index contributed by atoms with van der Waals surface area (Å²) in [5, 5.41) is 2.61. The maximum absolute atomic E-state index is 13.6. The second-order valence-electron chi connectivity index (χ2n) is 8.72. The highest BCUT2D eigenvalue weighted by Crippen LogP contribution is 2.34. The largest absolute Gasteiger partial charge is 0.477 e. The van der Waals surface area contributed by atoms with E-state index in [1.807, 2.05) is 28.0 Å². The first kappa shape index (κ1) is 21.9. The molecule has 1 N–H and O–H groups in total. The molecule has 2 unspecified atom stereocenters. The zero-order chi connectivity index (χ0) is 22.0. The summed E-state index contributed by atoms with van der Waals surface area (Å²) in [4.78, 5) is 29.6. The van der Waals surface area contributed by atoms with Crippen LogP contribution in [0.1, 0.15) is 38.5 Å². The fourth-order valence-corrected chi connectivity index (χ4v) is 6.77. The van der Waals surface area contributed by atoms with E-state index >= 15 is 0 Å². The monoisotopic (exact) mass is 449 g/mol. The van der Waals surface area contributed by atoms with Gasteiger partial charge in [-0.15, -0.1) is 0 Å². The summed E-state index contributed by atoms with van der Waals surface area (Å²) >= 11 is 0. The number of anilines is 1. The van der Waals surface area contributed by atoms with Crippen LogP contribution in [0.4, 0.5) is 5.69 Å². The molecule has 8 nitrogen and oxygen atoms in total. The molecule has 2 fully saturated rings. The molecular formula is C22H31N3O5S. The van der Waals surface area contributed by atoms with Gasteiger partial charge in [-0.2, -0.15) is 0 Å². The van der Waals surface area contributed by atoms with Gasteiger partial charge in [0.25, 0.3) is 5.91 Å². The number of rotatable bonds is 5. The molecule has 0 spiro atoms. The molecule has 0 aromatic heterocycles. The van der Waals surface area contributed by atoms with Crippen molar-refractivity contribution in [2.45, 2.75) is 56.7 Å². The van der Waals surface area contributed by atoms with Gasteiger partial charge in [-0.3, -0.25) is 9.59 Å². The fraction of sp³-hybridized carbons (Fsp3) is 0.636. The second kappa shape index (κ2) is 9.06. The summed E-state index contributed by atoms with van der Waals surface area (Å²) in [6, 6.07) is 7.22. The van der Waals surface area contributed by atoms with Gasteiger partial charge in [-0.1, -0.05) is 31.4 Å². The number of para-hydroxylation sites is 2. The molecule has 1 aromatic rings. The molecular weight excluding hydrogens is 418 g/mol. The zero-order valence-corrected chi connectivity index (χ0v) is 18.8. The third kappa shape index (κ3) is 4.81. The Morgan fingerprint density at radius 3 is 2.55 bits per heavy atom. The Bertz CT molecular complexity index is 929. The molecule has 2 heterocycles. The third-order valence-corrected chi connectivity index (χ3v) is 8.33. The standard InChI is InChI=1S/C22H31N3O5S/c1-23-22(27)20-13-24(18-9-5-6-10-19(18)30-20)14-21(26)25(16-7-3-2-4-8-16)17-11-12-31(28,29)15-17/h5-6,9-10,16-17,20H,2-4,7-8,11-15H2,1H3,(H,23,27). The van der Waals surface area contributed by atoms with Crippen LogP contribution in [-0.4, -0.2) is 75.0 Å². The van der Waals surface area contributed by atoms with E-state index < -0.39 is 15.9 Å². The summed E-state index contributed by atoms with van der Waals surface area (Å²) < 4.78 is 30.1. The molecule has 1 aliphatic carbocycles. The normalized spacial score (nSPS) is 25.4. The Labute approximate surface area is 183 Å². The molecule has 1 saturated heterocycles. The molecule has 0 radical (unpaired) electrons. The van der Waals surface area contributed by atoms with E-state index in [1.165, 1.54) is 0 Å². The lowest BCUT2D eigenvalue weighted by atomic mass is 9.92. The number of amides is 2. The van der Waals surface area contributed by atoms with Gasteiger partial charge in [-0.05, 0) is 31.4 Å². The predicted molar refractivity (Wildman–Crippen MR) is 118 cm³/mol. The predicted octanol–water partition coefficient (Wildman–Crippen LogP) is 1.35. The number of fused-ring (bicyclic) bond motifs is 1. The Morgan fingerprint density at radius 1 is 1.13 bits per heavy atom. The lowest BCUT2D eigenvalue weighted by Gasteiger charge is -2.41. The molecule has 170 valence electrons. The van der Waals surface area contributed by atoms with Gasteiger partial charge in [0.2, 0.25) is 5.91 Å². The first-order chi connectivity index (χ1) is 14.9.